The maximum Gasteiger partial charge on any atom is 0.333 e. The van der Waals surface area contributed by atoms with Gasteiger partial charge >= 0.3 is 11.9 Å². The normalized spacial score (nSPS) is 12.1. The summed E-state index contributed by atoms with van der Waals surface area (Å²) in [6.07, 6.45) is 3.32. The average Bonchev–Trinajstić information content (AvgIpc) is 2.86. The third-order valence-corrected chi connectivity index (χ3v) is 1.71. The van der Waals surface area contributed by atoms with Crippen molar-refractivity contribution in [2.24, 2.45) is 0 Å². The Morgan fingerprint density at radius 3 is 2.89 bits per heavy atom. The zero-order valence-electron chi connectivity index (χ0n) is 9.44. The summed E-state index contributed by atoms with van der Waals surface area (Å²) in [6.45, 7) is 2.72. The number of carbonyl (C=O) groups is 2. The molecule has 0 bridgehead atoms. The van der Waals surface area contributed by atoms with Crippen LogP contribution in [0.4, 0.5) is 0 Å². The minimum atomic E-state index is -1.53. The first kappa shape index (κ1) is 13.7. The Morgan fingerprint density at radius 1 is 1.50 bits per heavy atom. The van der Waals surface area contributed by atoms with E-state index in [4.69, 9.17) is 4.42 Å². The van der Waals surface area contributed by atoms with Crippen molar-refractivity contribution in [1.82, 2.24) is 0 Å². The third-order valence-electron chi connectivity index (χ3n) is 1.71. The summed E-state index contributed by atoms with van der Waals surface area (Å²) >= 11 is 0. The average molecular weight is 252 g/mol. The summed E-state index contributed by atoms with van der Waals surface area (Å²) in [5.41, 5.74) is 0. The summed E-state index contributed by atoms with van der Waals surface area (Å²) in [5, 5.41) is 9.21. The number of esters is 2. The molecule has 96 valence electrons. The lowest BCUT2D eigenvalue weighted by molar-refractivity contribution is -0.175. The Morgan fingerprint density at radius 2 is 2.28 bits per heavy atom. The monoisotopic (exact) mass is 252 g/mol. The fraction of sp³-hybridized carbons (Fsp3) is 0.167. The maximum atomic E-state index is 11.2. The van der Waals surface area contributed by atoms with Gasteiger partial charge in [-0.1, -0.05) is 6.58 Å². The van der Waals surface area contributed by atoms with E-state index >= 15 is 0 Å². The second kappa shape index (κ2) is 7.08. The van der Waals surface area contributed by atoms with Gasteiger partial charge in [-0.15, -0.1) is 0 Å². The Kier molecular flexibility index (Phi) is 5.40. The largest absolute Gasteiger partial charge is 0.465 e. The van der Waals surface area contributed by atoms with Gasteiger partial charge in [0.2, 0.25) is 6.29 Å². The van der Waals surface area contributed by atoms with Crippen molar-refractivity contribution in [3.63, 3.8) is 0 Å². The zero-order chi connectivity index (χ0) is 13.4. The van der Waals surface area contributed by atoms with Crippen molar-refractivity contribution < 1.29 is 28.6 Å². The molecule has 0 spiro atoms. The standard InChI is InChI=1S/C12H12O6/c1-2-10(13)17-8-12(15)18-11(14)6-5-9-4-3-7-16-9/h2-7,12,15H,1,8H2. The van der Waals surface area contributed by atoms with Crippen molar-refractivity contribution in [1.29, 1.82) is 0 Å². The minimum absolute atomic E-state index is 0.453. The summed E-state index contributed by atoms with van der Waals surface area (Å²) in [5.74, 6) is -1.02. The lowest BCUT2D eigenvalue weighted by atomic mass is 10.4. The highest BCUT2D eigenvalue weighted by Gasteiger charge is 2.10. The number of aliphatic hydroxyl groups excluding tert-OH is 1. The molecule has 18 heavy (non-hydrogen) atoms. The van der Waals surface area contributed by atoms with Crippen LogP contribution in [0.15, 0.2) is 41.5 Å². The summed E-state index contributed by atoms with van der Waals surface area (Å²) < 4.78 is 13.9. The molecule has 1 atom stereocenters. The van der Waals surface area contributed by atoms with E-state index in [-0.39, 0.29) is 0 Å². The Balaban J connectivity index is 2.31. The molecule has 0 aliphatic carbocycles. The first-order chi connectivity index (χ1) is 8.61. The predicted octanol–water partition coefficient (Wildman–Crippen LogP) is 0.884. The second-order valence-electron chi connectivity index (χ2n) is 3.07. The SMILES string of the molecule is C=CC(=O)OCC(O)OC(=O)C=Cc1ccco1. The van der Waals surface area contributed by atoms with Crippen LogP contribution < -0.4 is 0 Å². The predicted molar refractivity (Wildman–Crippen MR) is 61.0 cm³/mol. The number of hydrogen-bond donors (Lipinski definition) is 1. The van der Waals surface area contributed by atoms with Gasteiger partial charge in [0.15, 0.2) is 6.61 Å². The van der Waals surface area contributed by atoms with Crippen LogP contribution in [0.1, 0.15) is 5.76 Å². The maximum absolute atomic E-state index is 11.2. The van der Waals surface area contributed by atoms with Crippen LogP contribution in [0, 0.1) is 0 Å². The van der Waals surface area contributed by atoms with E-state index < -0.39 is 24.8 Å². The molecular formula is C12H12O6. The molecule has 0 aromatic carbocycles. The minimum Gasteiger partial charge on any atom is -0.465 e. The Hall–Kier alpha value is -2.34. The number of rotatable bonds is 6. The Labute approximate surface area is 103 Å². The van der Waals surface area contributed by atoms with Crippen molar-refractivity contribution in [2.75, 3.05) is 6.61 Å². The second-order valence-corrected chi connectivity index (χ2v) is 3.07. The molecule has 0 fully saturated rings. The molecule has 0 radical (unpaired) electrons. The van der Waals surface area contributed by atoms with Crippen LogP contribution in [-0.2, 0) is 19.1 Å². The highest BCUT2D eigenvalue weighted by molar-refractivity contribution is 5.86. The van der Waals surface area contributed by atoms with Gasteiger partial charge in [0, 0.05) is 12.2 Å². The van der Waals surface area contributed by atoms with Crippen LogP contribution in [0.25, 0.3) is 6.08 Å². The van der Waals surface area contributed by atoms with E-state index in [2.05, 4.69) is 16.1 Å². The van der Waals surface area contributed by atoms with Crippen LogP contribution in [0.3, 0.4) is 0 Å². The molecule has 1 aromatic rings. The molecule has 1 unspecified atom stereocenters. The summed E-state index contributed by atoms with van der Waals surface area (Å²) in [6, 6.07) is 3.31. The van der Waals surface area contributed by atoms with E-state index in [9.17, 15) is 14.7 Å². The molecule has 1 N–H and O–H groups in total. The topological polar surface area (TPSA) is 86.0 Å². The molecule has 0 saturated heterocycles. The van der Waals surface area contributed by atoms with Crippen LogP contribution >= 0.6 is 0 Å². The fourth-order valence-corrected chi connectivity index (χ4v) is 0.956. The first-order valence-electron chi connectivity index (χ1n) is 5.01. The first-order valence-corrected chi connectivity index (χ1v) is 5.01. The van der Waals surface area contributed by atoms with Gasteiger partial charge < -0.3 is 19.0 Å². The van der Waals surface area contributed by atoms with E-state index in [0.29, 0.717) is 5.76 Å². The van der Waals surface area contributed by atoms with Gasteiger partial charge in [0.05, 0.1) is 6.26 Å². The quantitative estimate of drug-likeness (QED) is 0.459. The number of hydrogen-bond acceptors (Lipinski definition) is 6. The number of carbonyl (C=O) groups excluding carboxylic acids is 2. The molecule has 1 rings (SSSR count). The lowest BCUT2D eigenvalue weighted by Gasteiger charge is -2.09. The van der Waals surface area contributed by atoms with Gasteiger partial charge in [-0.2, -0.15) is 0 Å². The third kappa shape index (κ3) is 5.13. The van der Waals surface area contributed by atoms with Crippen LogP contribution in [0.2, 0.25) is 0 Å². The molecule has 6 nitrogen and oxygen atoms in total. The number of aliphatic hydroxyl groups is 1. The molecule has 0 aliphatic heterocycles. The van der Waals surface area contributed by atoms with E-state index in [0.717, 1.165) is 12.2 Å². The van der Waals surface area contributed by atoms with E-state index in [1.54, 1.807) is 12.1 Å². The molecule has 6 heteroatoms. The number of furan rings is 1. The van der Waals surface area contributed by atoms with Gasteiger partial charge in [-0.05, 0) is 18.2 Å². The molecule has 0 saturated carbocycles. The molecule has 0 amide bonds. The van der Waals surface area contributed by atoms with Gasteiger partial charge in [0.1, 0.15) is 5.76 Å². The van der Waals surface area contributed by atoms with Gasteiger partial charge in [-0.3, -0.25) is 0 Å². The van der Waals surface area contributed by atoms with Crippen molar-refractivity contribution in [3.8, 4) is 0 Å². The Bertz CT molecular complexity index is 431. The summed E-state index contributed by atoms with van der Waals surface area (Å²) in [4.78, 5) is 21.9. The fourth-order valence-electron chi connectivity index (χ4n) is 0.956. The molecule has 1 aromatic heterocycles. The highest BCUT2D eigenvalue weighted by Crippen LogP contribution is 2.02. The summed E-state index contributed by atoms with van der Waals surface area (Å²) in [7, 11) is 0. The zero-order valence-corrected chi connectivity index (χ0v) is 9.44. The van der Waals surface area contributed by atoms with E-state index in [1.807, 2.05) is 0 Å². The van der Waals surface area contributed by atoms with Crippen molar-refractivity contribution in [2.45, 2.75) is 6.29 Å². The smallest absolute Gasteiger partial charge is 0.333 e. The number of ether oxygens (including phenoxy) is 2. The highest BCUT2D eigenvalue weighted by atomic mass is 16.7. The van der Waals surface area contributed by atoms with Crippen LogP contribution in [0.5, 0.6) is 0 Å². The van der Waals surface area contributed by atoms with Gasteiger partial charge in [-0.25, -0.2) is 9.59 Å². The molecular weight excluding hydrogens is 240 g/mol. The lowest BCUT2D eigenvalue weighted by Crippen LogP contribution is -2.23. The molecule has 1 heterocycles. The van der Waals surface area contributed by atoms with Crippen molar-refractivity contribution >= 4 is 18.0 Å². The van der Waals surface area contributed by atoms with Crippen molar-refractivity contribution in [3.05, 3.63) is 42.9 Å². The molecule has 0 aliphatic rings. The van der Waals surface area contributed by atoms with E-state index in [1.165, 1.54) is 12.3 Å². The van der Waals surface area contributed by atoms with Crippen LogP contribution in [-0.4, -0.2) is 29.9 Å². The van der Waals surface area contributed by atoms with Gasteiger partial charge in [0.25, 0.3) is 0 Å².